The first-order valence-electron chi connectivity index (χ1n) is 13.5. The molecule has 3 heterocycles. The lowest BCUT2D eigenvalue weighted by Crippen LogP contribution is -3.00. The van der Waals surface area contributed by atoms with Crippen LogP contribution < -0.4 is 28.9 Å². The summed E-state index contributed by atoms with van der Waals surface area (Å²) in [4.78, 5) is 14.5. The standard InChI is InChI=1S/C33H35N2O2.HI/c1-33(2)28-10-4-5-11-29(28)35(22-23-12-15-25(16-13-23)32(36)37-3)30(33)17-14-24-20-26-8-6-18-34-19-7-9-27(21-24)31(26)34;/h4-5,10-17,20-21H,6-9,18-19,22H2,1-3H3;1H/q+1;/p-1. The van der Waals surface area contributed by atoms with Crippen molar-refractivity contribution in [1.82, 2.24) is 0 Å². The molecule has 0 radical (unpaired) electrons. The Labute approximate surface area is 243 Å². The SMILES string of the molecule is COC(=O)c1ccc(C[N+]2=C(/C=C/c3cc4c5c(c3)CCCN5CCC4)C(C)(C)c3ccccc32)cc1.[I-]. The van der Waals surface area contributed by atoms with Crippen molar-refractivity contribution in [2.75, 3.05) is 25.1 Å². The normalized spacial score (nSPS) is 17.2. The van der Waals surface area contributed by atoms with Gasteiger partial charge in [-0.1, -0.05) is 30.3 Å². The number of carbonyl (C=O) groups is 1. The maximum atomic E-state index is 11.9. The van der Waals surface area contributed by atoms with Gasteiger partial charge in [0.1, 0.15) is 0 Å². The lowest BCUT2D eigenvalue weighted by atomic mass is 9.81. The predicted molar refractivity (Wildman–Crippen MR) is 150 cm³/mol. The Morgan fingerprint density at radius 2 is 1.63 bits per heavy atom. The van der Waals surface area contributed by atoms with Crippen molar-refractivity contribution < 1.29 is 38.1 Å². The summed E-state index contributed by atoms with van der Waals surface area (Å²) in [5.41, 5.74) is 11.4. The number of para-hydroxylation sites is 1. The Kier molecular flexibility index (Phi) is 7.49. The topological polar surface area (TPSA) is 32.6 Å². The molecule has 0 amide bonds. The zero-order chi connectivity index (χ0) is 25.6. The molecule has 0 atom stereocenters. The molecule has 3 aliphatic heterocycles. The van der Waals surface area contributed by atoms with Gasteiger partial charge in [0, 0.05) is 42.0 Å². The van der Waals surface area contributed by atoms with Gasteiger partial charge in [0.05, 0.1) is 18.1 Å². The summed E-state index contributed by atoms with van der Waals surface area (Å²) in [7, 11) is 1.42. The maximum absolute atomic E-state index is 11.9. The van der Waals surface area contributed by atoms with Crippen molar-refractivity contribution >= 4 is 29.1 Å². The van der Waals surface area contributed by atoms with Gasteiger partial charge in [0.2, 0.25) is 5.69 Å². The summed E-state index contributed by atoms with van der Waals surface area (Å²) in [6.07, 6.45) is 9.52. The average molecular weight is 619 g/mol. The monoisotopic (exact) mass is 618 g/mol. The van der Waals surface area contributed by atoms with E-state index in [1.165, 1.54) is 85.2 Å². The Hall–Kier alpha value is -2.93. The number of fused-ring (bicyclic) bond motifs is 1. The number of anilines is 1. The number of methoxy groups -OCH3 is 1. The third-order valence-electron chi connectivity index (χ3n) is 8.30. The van der Waals surface area contributed by atoms with E-state index < -0.39 is 0 Å². The van der Waals surface area contributed by atoms with Crippen molar-refractivity contribution in [3.8, 4) is 0 Å². The number of hydrogen-bond donors (Lipinski definition) is 0. The number of hydrogen-bond acceptors (Lipinski definition) is 3. The second-order valence-electron chi connectivity index (χ2n) is 11.0. The van der Waals surface area contributed by atoms with Crippen molar-refractivity contribution in [2.45, 2.75) is 51.5 Å². The minimum absolute atomic E-state index is 0. The highest BCUT2D eigenvalue weighted by Gasteiger charge is 2.44. The molecule has 5 heteroatoms. The fourth-order valence-electron chi connectivity index (χ4n) is 6.46. The average Bonchev–Trinajstić information content (AvgIpc) is 3.13. The van der Waals surface area contributed by atoms with E-state index in [0.29, 0.717) is 5.56 Å². The van der Waals surface area contributed by atoms with Gasteiger partial charge in [-0.3, -0.25) is 0 Å². The van der Waals surface area contributed by atoms with Gasteiger partial charge in [0.15, 0.2) is 12.3 Å². The highest BCUT2D eigenvalue weighted by atomic mass is 127. The van der Waals surface area contributed by atoms with Crippen molar-refractivity contribution in [1.29, 1.82) is 0 Å². The smallest absolute Gasteiger partial charge is 0.337 e. The summed E-state index contributed by atoms with van der Waals surface area (Å²) in [5.74, 6) is -0.304. The number of carbonyl (C=O) groups excluding carboxylic acids is 1. The fraction of sp³-hybridized carbons (Fsp3) is 0.333. The quantitative estimate of drug-likeness (QED) is 0.250. The van der Waals surface area contributed by atoms with Gasteiger partial charge in [-0.25, -0.2) is 4.79 Å². The largest absolute Gasteiger partial charge is 1.00 e. The maximum Gasteiger partial charge on any atom is 0.337 e. The fourth-order valence-corrected chi connectivity index (χ4v) is 6.46. The van der Waals surface area contributed by atoms with E-state index in [4.69, 9.17) is 4.74 Å². The van der Waals surface area contributed by atoms with Crippen LogP contribution in [0.25, 0.3) is 6.08 Å². The van der Waals surface area contributed by atoms with Crippen LogP contribution in [0.15, 0.2) is 66.7 Å². The molecule has 38 heavy (non-hydrogen) atoms. The predicted octanol–water partition coefficient (Wildman–Crippen LogP) is 3.47. The van der Waals surface area contributed by atoms with Crippen molar-refractivity contribution in [3.63, 3.8) is 0 Å². The molecule has 3 aliphatic rings. The minimum Gasteiger partial charge on any atom is -1.00 e. The number of rotatable bonds is 5. The summed E-state index contributed by atoms with van der Waals surface area (Å²) >= 11 is 0. The molecule has 0 fully saturated rings. The van der Waals surface area contributed by atoms with E-state index in [-0.39, 0.29) is 35.4 Å². The molecule has 0 spiro atoms. The van der Waals surface area contributed by atoms with Crippen LogP contribution in [0.1, 0.15) is 64.9 Å². The van der Waals surface area contributed by atoms with Crippen molar-refractivity contribution in [2.24, 2.45) is 0 Å². The summed E-state index contributed by atoms with van der Waals surface area (Å²) in [6, 6.07) is 21.3. The van der Waals surface area contributed by atoms with Crippen LogP contribution in [0.2, 0.25) is 0 Å². The molecule has 0 N–H and O–H groups in total. The highest BCUT2D eigenvalue weighted by molar-refractivity contribution is 6.05. The van der Waals surface area contributed by atoms with Crippen LogP contribution in [0.3, 0.4) is 0 Å². The molecule has 0 unspecified atom stereocenters. The zero-order valence-corrected chi connectivity index (χ0v) is 24.6. The van der Waals surface area contributed by atoms with Gasteiger partial charge in [0.25, 0.3) is 0 Å². The molecule has 0 saturated heterocycles. The molecular weight excluding hydrogens is 583 g/mol. The van der Waals surface area contributed by atoms with Crippen LogP contribution in [0, 0.1) is 0 Å². The van der Waals surface area contributed by atoms with Gasteiger partial charge in [-0.2, -0.15) is 4.58 Å². The van der Waals surface area contributed by atoms with Gasteiger partial charge in [-0.15, -0.1) is 0 Å². The molecule has 0 saturated carbocycles. The number of ether oxygens (including phenoxy) is 1. The Morgan fingerprint density at radius 1 is 0.974 bits per heavy atom. The molecule has 3 aromatic carbocycles. The second-order valence-corrected chi connectivity index (χ2v) is 11.0. The third kappa shape index (κ3) is 4.70. The number of aryl methyl sites for hydroxylation is 2. The highest BCUT2D eigenvalue weighted by Crippen LogP contribution is 2.41. The number of halogens is 1. The van der Waals surface area contributed by atoms with Gasteiger partial charge in [-0.05, 0) is 86.6 Å². The first kappa shape index (κ1) is 26.7. The lowest BCUT2D eigenvalue weighted by molar-refractivity contribution is -0.455. The molecule has 6 rings (SSSR count). The number of allylic oxidation sites excluding steroid dienone is 1. The van der Waals surface area contributed by atoms with E-state index in [1.54, 1.807) is 0 Å². The molecule has 3 aromatic rings. The first-order valence-corrected chi connectivity index (χ1v) is 13.5. The molecule has 4 nitrogen and oxygen atoms in total. The van der Waals surface area contributed by atoms with Crippen LogP contribution in [0.5, 0.6) is 0 Å². The van der Waals surface area contributed by atoms with Crippen LogP contribution in [0.4, 0.5) is 11.4 Å². The van der Waals surface area contributed by atoms with E-state index in [1.807, 2.05) is 24.3 Å². The summed E-state index contributed by atoms with van der Waals surface area (Å²) < 4.78 is 7.30. The van der Waals surface area contributed by atoms with E-state index in [0.717, 1.165) is 12.1 Å². The molecule has 196 valence electrons. The molecule has 0 aromatic heterocycles. The van der Waals surface area contributed by atoms with Crippen molar-refractivity contribution in [3.05, 3.63) is 100 Å². The second kappa shape index (κ2) is 10.7. The number of nitrogens with zero attached hydrogens (tertiary/aromatic N) is 2. The zero-order valence-electron chi connectivity index (χ0n) is 22.5. The minimum atomic E-state index is -0.304. The lowest BCUT2D eigenvalue weighted by Gasteiger charge is -2.37. The van der Waals surface area contributed by atoms with E-state index in [9.17, 15) is 4.79 Å². The summed E-state index contributed by atoms with van der Waals surface area (Å²) in [5, 5.41) is 0. The molecule has 0 aliphatic carbocycles. The van der Waals surface area contributed by atoms with Crippen LogP contribution >= 0.6 is 0 Å². The van der Waals surface area contributed by atoms with Crippen LogP contribution in [-0.4, -0.2) is 36.5 Å². The summed E-state index contributed by atoms with van der Waals surface area (Å²) in [6.45, 7) is 7.79. The first-order chi connectivity index (χ1) is 18.0. The number of benzene rings is 3. The number of esters is 1. The third-order valence-corrected chi connectivity index (χ3v) is 8.30. The van der Waals surface area contributed by atoms with Gasteiger partial charge >= 0.3 is 5.97 Å². The Balaban J connectivity index is 0.00000294. The van der Waals surface area contributed by atoms with E-state index in [2.05, 4.69) is 71.9 Å². The molecule has 0 bridgehead atoms. The van der Waals surface area contributed by atoms with Crippen LogP contribution in [-0.2, 0) is 29.5 Å². The molecular formula is C33H35IN2O2. The Bertz CT molecular complexity index is 1400. The Morgan fingerprint density at radius 3 is 2.29 bits per heavy atom. The van der Waals surface area contributed by atoms with E-state index >= 15 is 0 Å². The van der Waals surface area contributed by atoms with Gasteiger partial charge < -0.3 is 33.6 Å².